The lowest BCUT2D eigenvalue weighted by molar-refractivity contribution is -0.161. The maximum Gasteiger partial charge on any atom is 0.339 e. The van der Waals surface area contributed by atoms with E-state index in [-0.39, 0.29) is 11.6 Å². The highest BCUT2D eigenvalue weighted by Crippen LogP contribution is 2.37. The van der Waals surface area contributed by atoms with E-state index in [1.54, 1.807) is 46.0 Å². The van der Waals surface area contributed by atoms with Crippen molar-refractivity contribution in [2.24, 2.45) is 7.05 Å². The Balaban J connectivity index is 2.47. The fraction of sp³-hybridized carbons (Fsp3) is 0.370. The van der Waals surface area contributed by atoms with Crippen LogP contribution in [0, 0.1) is 13.8 Å². The van der Waals surface area contributed by atoms with Gasteiger partial charge in [-0.25, -0.2) is 4.79 Å². The topological polar surface area (TPSA) is 97.6 Å². The van der Waals surface area contributed by atoms with Crippen LogP contribution in [0.5, 0.6) is 0 Å². The molecule has 3 rings (SSSR count). The van der Waals surface area contributed by atoms with E-state index in [4.69, 9.17) is 4.74 Å². The first-order chi connectivity index (χ1) is 15.9. The summed E-state index contributed by atoms with van der Waals surface area (Å²) in [6, 6.07) is 10.8. The zero-order chi connectivity index (χ0) is 25.4. The lowest BCUT2D eigenvalue weighted by atomic mass is 9.91. The minimum Gasteiger partial charge on any atom is -0.479 e. The fourth-order valence-corrected chi connectivity index (χ4v) is 4.02. The van der Waals surface area contributed by atoms with Gasteiger partial charge < -0.3 is 19.7 Å². The van der Waals surface area contributed by atoms with Crippen molar-refractivity contribution in [3.05, 3.63) is 69.1 Å². The molecular weight excluding hydrogens is 432 g/mol. The van der Waals surface area contributed by atoms with Crippen LogP contribution < -0.4 is 10.9 Å². The van der Waals surface area contributed by atoms with E-state index in [9.17, 15) is 19.5 Å². The monoisotopic (exact) mass is 464 g/mol. The zero-order valence-corrected chi connectivity index (χ0v) is 20.8. The lowest BCUT2D eigenvalue weighted by Crippen LogP contribution is -2.33. The normalized spacial score (nSPS) is 12.6. The molecule has 0 saturated carbocycles. The predicted octanol–water partition coefficient (Wildman–Crippen LogP) is 4.51. The molecule has 0 radical (unpaired) electrons. The summed E-state index contributed by atoms with van der Waals surface area (Å²) >= 11 is 0. The first-order valence-corrected chi connectivity index (χ1v) is 11.3. The number of nitrogens with zero attached hydrogens (tertiary/aromatic N) is 1. The van der Waals surface area contributed by atoms with Crippen molar-refractivity contribution in [3.8, 4) is 11.1 Å². The van der Waals surface area contributed by atoms with Crippen LogP contribution in [0.3, 0.4) is 0 Å². The van der Waals surface area contributed by atoms with Gasteiger partial charge >= 0.3 is 5.97 Å². The molecule has 0 spiro atoms. The van der Waals surface area contributed by atoms with Gasteiger partial charge in [0.05, 0.1) is 11.3 Å². The number of nitrogens with one attached hydrogen (secondary N) is 1. The molecule has 34 heavy (non-hydrogen) atoms. The second-order valence-electron chi connectivity index (χ2n) is 9.49. The summed E-state index contributed by atoms with van der Waals surface area (Å²) in [6.07, 6.45) is -1.37. The number of hydrogen-bond acceptors (Lipinski definition) is 4. The third-order valence-electron chi connectivity index (χ3n) is 5.78. The van der Waals surface area contributed by atoms with Gasteiger partial charge in [0, 0.05) is 30.1 Å². The van der Waals surface area contributed by atoms with E-state index in [0.29, 0.717) is 28.4 Å². The summed E-state index contributed by atoms with van der Waals surface area (Å²) in [6.45, 7) is 11.6. The van der Waals surface area contributed by atoms with Crippen molar-refractivity contribution in [3.63, 3.8) is 0 Å². The molecule has 0 fully saturated rings. The molecule has 2 aromatic carbocycles. The molecule has 0 aliphatic carbocycles. The number of rotatable bonds is 6. The Hall–Kier alpha value is -3.45. The number of hydrogen-bond donors (Lipinski definition) is 2. The summed E-state index contributed by atoms with van der Waals surface area (Å²) < 4.78 is 7.29. The van der Waals surface area contributed by atoms with Crippen LogP contribution in [0.25, 0.3) is 21.9 Å². The van der Waals surface area contributed by atoms with Gasteiger partial charge in [-0.15, -0.1) is 0 Å². The van der Waals surface area contributed by atoms with E-state index in [2.05, 4.69) is 5.32 Å². The Morgan fingerprint density at radius 1 is 1.06 bits per heavy atom. The summed E-state index contributed by atoms with van der Waals surface area (Å²) in [7, 11) is 1.54. The van der Waals surface area contributed by atoms with Gasteiger partial charge in [0.25, 0.3) is 11.5 Å². The molecule has 0 saturated heterocycles. The molecule has 7 nitrogen and oxygen atoms in total. The summed E-state index contributed by atoms with van der Waals surface area (Å²) in [5, 5.41) is 13.8. The van der Waals surface area contributed by atoms with Crippen molar-refractivity contribution < 1.29 is 19.4 Å². The highest BCUT2D eigenvalue weighted by atomic mass is 16.5. The molecule has 7 heteroatoms. The lowest BCUT2D eigenvalue weighted by Gasteiger charge is -2.28. The Bertz CT molecular complexity index is 1330. The number of aliphatic carboxylic acids is 1. The number of carbonyl (C=O) groups excluding carboxylic acids is 1. The van der Waals surface area contributed by atoms with Gasteiger partial charge in [0.15, 0.2) is 6.10 Å². The zero-order valence-electron chi connectivity index (χ0n) is 20.8. The maximum absolute atomic E-state index is 13.5. The molecule has 3 aromatic rings. The van der Waals surface area contributed by atoms with Gasteiger partial charge in [0.1, 0.15) is 0 Å². The number of aromatic nitrogens is 1. The highest BCUT2D eigenvalue weighted by molar-refractivity contribution is 6.03. The van der Waals surface area contributed by atoms with Gasteiger partial charge in [-0.3, -0.25) is 9.59 Å². The van der Waals surface area contributed by atoms with Crippen molar-refractivity contribution in [2.75, 3.05) is 6.54 Å². The molecule has 1 atom stereocenters. The van der Waals surface area contributed by atoms with Gasteiger partial charge in [-0.05, 0) is 75.8 Å². The largest absolute Gasteiger partial charge is 0.479 e. The van der Waals surface area contributed by atoms with E-state index >= 15 is 0 Å². The Morgan fingerprint density at radius 3 is 2.29 bits per heavy atom. The molecule has 0 bridgehead atoms. The van der Waals surface area contributed by atoms with Gasteiger partial charge in [0.2, 0.25) is 0 Å². The van der Waals surface area contributed by atoms with E-state index in [1.807, 2.05) is 39.0 Å². The number of fused-ring (bicyclic) bond motifs is 1. The van der Waals surface area contributed by atoms with Gasteiger partial charge in [-0.1, -0.05) is 24.3 Å². The molecule has 180 valence electrons. The van der Waals surface area contributed by atoms with Crippen LogP contribution in [0.4, 0.5) is 0 Å². The Morgan fingerprint density at radius 2 is 1.74 bits per heavy atom. The highest BCUT2D eigenvalue weighted by Gasteiger charge is 2.33. The first kappa shape index (κ1) is 25.2. The number of carboxylic acid groups (broad SMARTS) is 1. The Labute approximate surface area is 199 Å². The first-order valence-electron chi connectivity index (χ1n) is 11.3. The number of pyridine rings is 1. The average Bonchev–Trinajstić information content (AvgIpc) is 2.75. The average molecular weight is 465 g/mol. The summed E-state index contributed by atoms with van der Waals surface area (Å²) in [5.41, 5.74) is 2.96. The number of amides is 1. The number of carbonyl (C=O) groups is 2. The second-order valence-corrected chi connectivity index (χ2v) is 9.49. The molecule has 1 aromatic heterocycles. The van der Waals surface area contributed by atoms with Crippen LogP contribution in [0.2, 0.25) is 0 Å². The number of aryl methyl sites for hydroxylation is 2. The van der Waals surface area contributed by atoms with Crippen molar-refractivity contribution in [2.45, 2.75) is 53.2 Å². The third-order valence-corrected chi connectivity index (χ3v) is 5.78. The number of ether oxygens (including phenoxy) is 1. The van der Waals surface area contributed by atoms with Gasteiger partial charge in [-0.2, -0.15) is 0 Å². The summed E-state index contributed by atoms with van der Waals surface area (Å²) in [5.74, 6) is -1.46. The van der Waals surface area contributed by atoms with Crippen LogP contribution >= 0.6 is 0 Å². The van der Waals surface area contributed by atoms with Crippen molar-refractivity contribution in [1.29, 1.82) is 0 Å². The number of benzene rings is 2. The van der Waals surface area contributed by atoms with Crippen molar-refractivity contribution >= 4 is 22.6 Å². The molecule has 1 amide bonds. The minimum atomic E-state index is -1.37. The molecule has 0 aliphatic rings. The predicted molar refractivity (Wildman–Crippen MR) is 133 cm³/mol. The Kier molecular flexibility index (Phi) is 6.98. The minimum absolute atomic E-state index is 0.258. The third kappa shape index (κ3) is 4.89. The van der Waals surface area contributed by atoms with Crippen molar-refractivity contribution in [1.82, 2.24) is 9.88 Å². The molecule has 0 aliphatic heterocycles. The molecule has 2 N–H and O–H groups in total. The van der Waals surface area contributed by atoms with Crippen LogP contribution in [0.15, 0.2) is 41.2 Å². The van der Waals surface area contributed by atoms with E-state index in [0.717, 1.165) is 16.7 Å². The maximum atomic E-state index is 13.5. The standard InChI is InChI=1S/C27H32N2O5/c1-8-28-24(30)18-11-12-19-20(14-18)25(31)29(7)22(23(26(32)33)34-27(4,5)6)21(19)17-10-9-15(2)16(3)13-17/h9-14,23H,8H2,1-7H3,(H,28,30)(H,32,33). The van der Waals surface area contributed by atoms with Crippen LogP contribution in [-0.4, -0.2) is 33.7 Å². The SMILES string of the molecule is CCNC(=O)c1ccc2c(-c3ccc(C)c(C)c3)c(C(OC(C)(C)C)C(=O)O)n(C)c(=O)c2c1. The van der Waals surface area contributed by atoms with E-state index < -0.39 is 23.2 Å². The number of carboxylic acids is 1. The quantitative estimate of drug-likeness (QED) is 0.559. The van der Waals surface area contributed by atoms with Crippen LogP contribution in [-0.2, 0) is 16.6 Å². The summed E-state index contributed by atoms with van der Waals surface area (Å²) in [4.78, 5) is 38.3. The fourth-order valence-electron chi connectivity index (χ4n) is 4.02. The molecular formula is C27H32N2O5. The van der Waals surface area contributed by atoms with Crippen LogP contribution in [0.1, 0.15) is 61.0 Å². The molecule has 1 heterocycles. The smallest absolute Gasteiger partial charge is 0.339 e. The second kappa shape index (κ2) is 9.43. The van der Waals surface area contributed by atoms with E-state index in [1.165, 1.54) is 4.57 Å². The molecule has 1 unspecified atom stereocenters.